The Hall–Kier alpha value is -1.55. The maximum Gasteiger partial charge on any atom is 0.246 e. The van der Waals surface area contributed by atoms with Crippen LogP contribution in [0, 0.1) is 13.8 Å². The highest BCUT2D eigenvalue weighted by atomic mass is 16.5. The summed E-state index contributed by atoms with van der Waals surface area (Å²) < 4.78 is 5.32. The van der Waals surface area contributed by atoms with Crippen molar-refractivity contribution in [2.24, 2.45) is 5.73 Å². The average molecular weight is 248 g/mol. The van der Waals surface area contributed by atoms with Crippen molar-refractivity contribution >= 4 is 11.6 Å². The molecule has 2 rings (SSSR count). The zero-order valence-corrected chi connectivity index (χ0v) is 11.4. The van der Waals surface area contributed by atoms with Crippen LogP contribution in [-0.4, -0.2) is 25.6 Å². The van der Waals surface area contributed by atoms with Crippen molar-refractivity contribution in [3.63, 3.8) is 0 Å². The van der Waals surface area contributed by atoms with Crippen LogP contribution in [0.1, 0.15) is 24.0 Å². The first-order valence-corrected chi connectivity index (χ1v) is 6.11. The summed E-state index contributed by atoms with van der Waals surface area (Å²) in [6.07, 6.45) is 1.56. The molecule has 0 bridgehead atoms. The minimum atomic E-state index is -0.628. The molecule has 18 heavy (non-hydrogen) atoms. The maximum absolute atomic E-state index is 12.2. The Morgan fingerprint density at radius 1 is 1.33 bits per heavy atom. The number of methoxy groups -OCH3 is 1. The molecule has 1 fully saturated rings. The Kier molecular flexibility index (Phi) is 3.07. The van der Waals surface area contributed by atoms with Gasteiger partial charge >= 0.3 is 0 Å². The van der Waals surface area contributed by atoms with Crippen molar-refractivity contribution in [1.82, 2.24) is 0 Å². The van der Waals surface area contributed by atoms with Crippen molar-refractivity contribution < 1.29 is 9.53 Å². The number of hydrogen-bond donors (Lipinski definition) is 1. The van der Waals surface area contributed by atoms with Gasteiger partial charge in [0.2, 0.25) is 5.91 Å². The highest BCUT2D eigenvalue weighted by Gasteiger charge is 2.47. The molecular formula is C14H20N2O2. The Morgan fingerprint density at radius 3 is 2.22 bits per heavy atom. The Bertz CT molecular complexity index is 470. The van der Waals surface area contributed by atoms with Gasteiger partial charge in [-0.1, -0.05) is 0 Å². The molecule has 1 aromatic carbocycles. The quantitative estimate of drug-likeness (QED) is 0.887. The molecule has 1 aliphatic carbocycles. The van der Waals surface area contributed by atoms with Gasteiger partial charge < -0.3 is 15.4 Å². The molecule has 2 N–H and O–H groups in total. The van der Waals surface area contributed by atoms with E-state index in [4.69, 9.17) is 10.5 Å². The van der Waals surface area contributed by atoms with Crippen molar-refractivity contribution in [1.29, 1.82) is 0 Å². The molecule has 1 saturated carbocycles. The number of rotatable bonds is 3. The van der Waals surface area contributed by atoms with Gasteiger partial charge in [0, 0.05) is 12.7 Å². The smallest absolute Gasteiger partial charge is 0.246 e. The molecule has 0 heterocycles. The maximum atomic E-state index is 12.2. The molecule has 4 nitrogen and oxygen atoms in total. The van der Waals surface area contributed by atoms with Gasteiger partial charge in [-0.05, 0) is 49.9 Å². The monoisotopic (exact) mass is 248 g/mol. The Morgan fingerprint density at radius 2 is 1.83 bits per heavy atom. The molecule has 0 atom stereocenters. The van der Waals surface area contributed by atoms with Crippen LogP contribution < -0.4 is 15.4 Å². The summed E-state index contributed by atoms with van der Waals surface area (Å²) in [5.41, 5.74) is 8.23. The molecule has 0 radical (unpaired) electrons. The van der Waals surface area contributed by atoms with E-state index in [0.717, 1.165) is 35.4 Å². The van der Waals surface area contributed by atoms with Gasteiger partial charge in [0.05, 0.1) is 12.6 Å². The van der Waals surface area contributed by atoms with Gasteiger partial charge in [-0.25, -0.2) is 0 Å². The van der Waals surface area contributed by atoms with Crippen LogP contribution >= 0.6 is 0 Å². The molecule has 98 valence electrons. The van der Waals surface area contributed by atoms with E-state index in [1.807, 2.05) is 26.0 Å². The number of likely N-dealkylation sites (N-methyl/N-ethyl adjacent to an activating group) is 1. The van der Waals surface area contributed by atoms with Gasteiger partial charge in [0.1, 0.15) is 5.75 Å². The third-order valence-corrected chi connectivity index (χ3v) is 3.56. The van der Waals surface area contributed by atoms with E-state index in [9.17, 15) is 4.79 Å². The number of nitrogens with two attached hydrogens (primary N) is 1. The second-order valence-electron chi connectivity index (χ2n) is 5.13. The third kappa shape index (κ3) is 2.08. The van der Waals surface area contributed by atoms with Crippen LogP contribution in [0.3, 0.4) is 0 Å². The van der Waals surface area contributed by atoms with E-state index in [0.29, 0.717) is 0 Å². The number of carbonyl (C=O) groups excluding carboxylic acids is 1. The predicted molar refractivity (Wildman–Crippen MR) is 72.0 cm³/mol. The highest BCUT2D eigenvalue weighted by molar-refractivity contribution is 6.01. The topological polar surface area (TPSA) is 55.6 Å². The van der Waals surface area contributed by atoms with Crippen LogP contribution in [-0.2, 0) is 4.79 Å². The molecule has 0 aromatic heterocycles. The van der Waals surface area contributed by atoms with Crippen molar-refractivity contribution in [3.8, 4) is 5.75 Å². The lowest BCUT2D eigenvalue weighted by Crippen LogP contribution is -2.43. The van der Waals surface area contributed by atoms with Gasteiger partial charge in [-0.2, -0.15) is 0 Å². The number of aryl methyl sites for hydroxylation is 2. The number of amides is 1. The minimum absolute atomic E-state index is 0.00790. The lowest BCUT2D eigenvalue weighted by Gasteiger charge is -2.23. The fourth-order valence-corrected chi connectivity index (χ4v) is 2.24. The molecule has 1 amide bonds. The average Bonchev–Trinajstić information content (AvgIpc) is 3.06. The Balaban J connectivity index is 2.31. The van der Waals surface area contributed by atoms with E-state index in [2.05, 4.69) is 0 Å². The van der Waals surface area contributed by atoms with Crippen LogP contribution in [0.4, 0.5) is 5.69 Å². The fraction of sp³-hybridized carbons (Fsp3) is 0.500. The van der Waals surface area contributed by atoms with Crippen molar-refractivity contribution in [2.45, 2.75) is 32.2 Å². The number of carbonyl (C=O) groups is 1. The largest absolute Gasteiger partial charge is 0.496 e. The second-order valence-corrected chi connectivity index (χ2v) is 5.13. The van der Waals surface area contributed by atoms with E-state index in [-0.39, 0.29) is 5.91 Å². The molecule has 0 spiro atoms. The van der Waals surface area contributed by atoms with Gasteiger partial charge in [0.25, 0.3) is 0 Å². The van der Waals surface area contributed by atoms with E-state index < -0.39 is 5.54 Å². The van der Waals surface area contributed by atoms with Gasteiger partial charge in [-0.15, -0.1) is 0 Å². The number of nitrogens with zero attached hydrogens (tertiary/aromatic N) is 1. The molecule has 0 unspecified atom stereocenters. The molecular weight excluding hydrogens is 228 g/mol. The molecule has 0 saturated heterocycles. The van der Waals surface area contributed by atoms with Crippen LogP contribution in [0.25, 0.3) is 0 Å². The SMILES string of the molecule is COc1c(C)cc(N(C)C(=O)C2(N)CC2)cc1C. The highest BCUT2D eigenvalue weighted by Crippen LogP contribution is 2.36. The molecule has 1 aromatic rings. The number of ether oxygens (including phenoxy) is 1. The lowest BCUT2D eigenvalue weighted by molar-refractivity contribution is -0.120. The summed E-state index contributed by atoms with van der Waals surface area (Å²) in [7, 11) is 3.43. The molecule has 0 aliphatic heterocycles. The first-order chi connectivity index (χ1) is 8.39. The van der Waals surface area contributed by atoms with Crippen molar-refractivity contribution in [3.05, 3.63) is 23.3 Å². The van der Waals surface area contributed by atoms with Crippen LogP contribution in [0.2, 0.25) is 0 Å². The normalized spacial score (nSPS) is 16.3. The summed E-state index contributed by atoms with van der Waals surface area (Å²) in [6, 6.07) is 3.91. The van der Waals surface area contributed by atoms with Crippen LogP contribution in [0.15, 0.2) is 12.1 Å². The Labute approximate surface area is 108 Å². The molecule has 4 heteroatoms. The summed E-state index contributed by atoms with van der Waals surface area (Å²) >= 11 is 0. The second kappa shape index (κ2) is 4.28. The first-order valence-electron chi connectivity index (χ1n) is 6.11. The molecule has 1 aliphatic rings. The zero-order valence-electron chi connectivity index (χ0n) is 11.4. The van der Waals surface area contributed by atoms with E-state index in [1.54, 1.807) is 19.1 Å². The number of anilines is 1. The predicted octanol–water partition coefficient (Wildman–Crippen LogP) is 1.77. The summed E-state index contributed by atoms with van der Waals surface area (Å²) in [5, 5.41) is 0. The third-order valence-electron chi connectivity index (χ3n) is 3.56. The standard InChI is InChI=1S/C14H20N2O2/c1-9-7-11(8-10(2)12(9)18-4)16(3)13(17)14(15)5-6-14/h7-8H,5-6,15H2,1-4H3. The van der Waals surface area contributed by atoms with E-state index >= 15 is 0 Å². The first kappa shape index (κ1) is 12.9. The van der Waals surface area contributed by atoms with Gasteiger partial charge in [-0.3, -0.25) is 4.79 Å². The fourth-order valence-electron chi connectivity index (χ4n) is 2.24. The number of benzene rings is 1. The van der Waals surface area contributed by atoms with Gasteiger partial charge in [0.15, 0.2) is 0 Å². The summed E-state index contributed by atoms with van der Waals surface area (Å²) in [4.78, 5) is 13.8. The van der Waals surface area contributed by atoms with Crippen LogP contribution in [0.5, 0.6) is 5.75 Å². The lowest BCUT2D eigenvalue weighted by atomic mass is 10.1. The van der Waals surface area contributed by atoms with Crippen molar-refractivity contribution in [2.75, 3.05) is 19.1 Å². The summed E-state index contributed by atoms with van der Waals surface area (Å²) in [5.74, 6) is 0.861. The number of hydrogen-bond acceptors (Lipinski definition) is 3. The summed E-state index contributed by atoms with van der Waals surface area (Å²) in [6.45, 7) is 3.95. The van der Waals surface area contributed by atoms with E-state index in [1.165, 1.54) is 0 Å². The zero-order chi connectivity index (χ0) is 13.5. The minimum Gasteiger partial charge on any atom is -0.496 e.